The highest BCUT2D eigenvalue weighted by molar-refractivity contribution is 7.89. The van der Waals surface area contributed by atoms with E-state index < -0.39 is 22.2 Å². The van der Waals surface area contributed by atoms with Crippen LogP contribution in [0.15, 0.2) is 29.2 Å². The molecule has 0 unspecified atom stereocenters. The van der Waals surface area contributed by atoms with Gasteiger partial charge >= 0.3 is 0 Å². The van der Waals surface area contributed by atoms with E-state index in [1.54, 1.807) is 24.3 Å². The van der Waals surface area contributed by atoms with E-state index in [2.05, 4.69) is 10.0 Å². The largest absolute Gasteiger partial charge is 0.394 e. The molecule has 2 aliphatic rings. The number of carbonyl (C=O) groups is 1. The minimum Gasteiger partial charge on any atom is -0.394 e. The lowest BCUT2D eigenvalue weighted by Gasteiger charge is -2.36. The Morgan fingerprint density at radius 3 is 2.52 bits per heavy atom. The van der Waals surface area contributed by atoms with Crippen molar-refractivity contribution < 1.29 is 23.1 Å². The molecule has 0 radical (unpaired) electrons. The molecule has 150 valence electrons. The monoisotopic (exact) mass is 396 g/mol. The molecule has 0 bridgehead atoms. The van der Waals surface area contributed by atoms with Crippen molar-refractivity contribution in [1.82, 2.24) is 10.0 Å². The van der Waals surface area contributed by atoms with Crippen LogP contribution in [0.1, 0.15) is 37.7 Å². The molecule has 1 aliphatic carbocycles. The third-order valence-electron chi connectivity index (χ3n) is 5.15. The summed E-state index contributed by atoms with van der Waals surface area (Å²) in [6, 6.07) is 6.17. The highest BCUT2D eigenvalue weighted by Gasteiger charge is 2.34. The highest BCUT2D eigenvalue weighted by atomic mass is 32.2. The van der Waals surface area contributed by atoms with Gasteiger partial charge in [0.2, 0.25) is 15.9 Å². The molecule has 3 rings (SSSR count). The van der Waals surface area contributed by atoms with Crippen molar-refractivity contribution in [1.29, 1.82) is 0 Å². The van der Waals surface area contributed by atoms with Crippen molar-refractivity contribution in [3.8, 4) is 0 Å². The number of nitrogens with one attached hydrogen (secondary N) is 2. The van der Waals surface area contributed by atoms with E-state index in [0.29, 0.717) is 25.8 Å². The lowest BCUT2D eigenvalue weighted by atomic mass is 9.98. The minimum absolute atomic E-state index is 0.0956. The van der Waals surface area contributed by atoms with Gasteiger partial charge in [-0.05, 0) is 51.2 Å². The van der Waals surface area contributed by atoms with Gasteiger partial charge in [-0.2, -0.15) is 0 Å². The number of carbonyl (C=O) groups excluding carboxylic acids is 1. The van der Waals surface area contributed by atoms with Gasteiger partial charge in [0.05, 0.1) is 29.8 Å². The van der Waals surface area contributed by atoms with E-state index >= 15 is 0 Å². The van der Waals surface area contributed by atoms with Crippen LogP contribution < -0.4 is 10.0 Å². The summed E-state index contributed by atoms with van der Waals surface area (Å²) in [6.45, 7) is 2.18. The number of amides is 1. The summed E-state index contributed by atoms with van der Waals surface area (Å²) in [5, 5.41) is 12.6. The number of sulfonamides is 1. The van der Waals surface area contributed by atoms with Crippen LogP contribution in [0.5, 0.6) is 0 Å². The zero-order valence-corrected chi connectivity index (χ0v) is 16.4. The van der Waals surface area contributed by atoms with Crippen molar-refractivity contribution >= 4 is 15.9 Å². The normalized spacial score (nSPS) is 25.9. The molecular formula is C19H28N2O5S. The van der Waals surface area contributed by atoms with Crippen LogP contribution in [-0.2, 0) is 19.6 Å². The van der Waals surface area contributed by atoms with E-state index in [0.717, 1.165) is 18.4 Å². The predicted molar refractivity (Wildman–Crippen MR) is 101 cm³/mol. The van der Waals surface area contributed by atoms with E-state index in [1.165, 1.54) is 0 Å². The first kappa shape index (κ1) is 20.3. The fraction of sp³-hybridized carbons (Fsp3) is 0.632. The Labute approximate surface area is 160 Å². The smallest absolute Gasteiger partial charge is 0.240 e. The second kappa shape index (κ2) is 8.68. The minimum atomic E-state index is -3.67. The van der Waals surface area contributed by atoms with Gasteiger partial charge in [-0.25, -0.2) is 13.1 Å². The number of hydrogen-bond acceptors (Lipinski definition) is 5. The highest BCUT2D eigenvalue weighted by Crippen LogP contribution is 2.29. The standard InChI is InChI=1S/C19H28N2O5S/c1-13-2-7-16(8-3-13)27(24,25)21-17-9-6-15(26-18(17)12-22)10-11-20-19(23)14-4-5-14/h2-3,7-8,14-15,17-18,21-22H,4-6,9-12H2,1H3,(H,20,23)/t15-,17-,18-/m0/s1. The first-order chi connectivity index (χ1) is 12.9. The molecule has 1 saturated heterocycles. The maximum Gasteiger partial charge on any atom is 0.240 e. The molecule has 1 heterocycles. The zero-order valence-electron chi connectivity index (χ0n) is 15.6. The molecule has 1 amide bonds. The van der Waals surface area contributed by atoms with Gasteiger partial charge in [0.15, 0.2) is 0 Å². The van der Waals surface area contributed by atoms with Gasteiger partial charge < -0.3 is 15.2 Å². The van der Waals surface area contributed by atoms with Gasteiger partial charge in [0.1, 0.15) is 0 Å². The van der Waals surface area contributed by atoms with Crippen LogP contribution in [0.3, 0.4) is 0 Å². The Hall–Kier alpha value is -1.48. The molecular weight excluding hydrogens is 368 g/mol. The average Bonchev–Trinajstić information content (AvgIpc) is 3.48. The number of hydrogen-bond donors (Lipinski definition) is 3. The second-order valence-corrected chi connectivity index (χ2v) is 9.17. The molecule has 1 aliphatic heterocycles. The molecule has 3 N–H and O–H groups in total. The molecule has 2 fully saturated rings. The third-order valence-corrected chi connectivity index (χ3v) is 6.65. The van der Waals surface area contributed by atoms with Crippen LogP contribution in [0.4, 0.5) is 0 Å². The van der Waals surface area contributed by atoms with Crippen LogP contribution in [0.2, 0.25) is 0 Å². The molecule has 3 atom stereocenters. The predicted octanol–water partition coefficient (Wildman–Crippen LogP) is 1.10. The maximum atomic E-state index is 12.6. The van der Waals surface area contributed by atoms with Crippen molar-refractivity contribution in [2.75, 3.05) is 13.2 Å². The lowest BCUT2D eigenvalue weighted by molar-refractivity contribution is -0.122. The average molecular weight is 397 g/mol. The van der Waals surface area contributed by atoms with Gasteiger partial charge in [-0.1, -0.05) is 17.7 Å². The van der Waals surface area contributed by atoms with E-state index in [1.807, 2.05) is 6.92 Å². The van der Waals surface area contributed by atoms with Crippen LogP contribution >= 0.6 is 0 Å². The number of aliphatic hydroxyl groups excluding tert-OH is 1. The molecule has 1 aromatic rings. The van der Waals surface area contributed by atoms with E-state index in [4.69, 9.17) is 4.74 Å². The summed E-state index contributed by atoms with van der Waals surface area (Å²) < 4.78 is 33.7. The van der Waals surface area contributed by atoms with Crippen molar-refractivity contribution in [3.05, 3.63) is 29.8 Å². The summed E-state index contributed by atoms with van der Waals surface area (Å²) in [5.41, 5.74) is 0.986. The molecule has 0 spiro atoms. The van der Waals surface area contributed by atoms with Crippen molar-refractivity contribution in [2.24, 2.45) is 5.92 Å². The first-order valence-electron chi connectivity index (χ1n) is 9.52. The molecule has 27 heavy (non-hydrogen) atoms. The quantitative estimate of drug-likeness (QED) is 0.610. The number of ether oxygens (including phenoxy) is 1. The summed E-state index contributed by atoms with van der Waals surface area (Å²) in [6.07, 6.45) is 3.17. The number of rotatable bonds is 8. The SMILES string of the molecule is Cc1ccc(S(=O)(=O)N[C@H]2CC[C@@H](CCNC(=O)C3CC3)O[C@H]2CO)cc1. The van der Waals surface area contributed by atoms with Crippen molar-refractivity contribution in [3.63, 3.8) is 0 Å². The second-order valence-electron chi connectivity index (χ2n) is 7.45. The fourth-order valence-corrected chi connectivity index (χ4v) is 4.61. The first-order valence-corrected chi connectivity index (χ1v) is 11.0. The number of benzene rings is 1. The number of aliphatic hydroxyl groups is 1. The maximum absolute atomic E-state index is 12.6. The molecule has 1 saturated carbocycles. The van der Waals surface area contributed by atoms with Crippen molar-refractivity contribution in [2.45, 2.75) is 62.2 Å². The summed E-state index contributed by atoms with van der Waals surface area (Å²) >= 11 is 0. The van der Waals surface area contributed by atoms with E-state index in [-0.39, 0.29) is 29.4 Å². The van der Waals surface area contributed by atoms with E-state index in [9.17, 15) is 18.3 Å². The molecule has 8 heteroatoms. The molecule has 7 nitrogen and oxygen atoms in total. The van der Waals surface area contributed by atoms with Gasteiger partial charge in [-0.15, -0.1) is 0 Å². The Morgan fingerprint density at radius 2 is 1.89 bits per heavy atom. The Balaban J connectivity index is 1.51. The summed E-state index contributed by atoms with van der Waals surface area (Å²) in [5.74, 6) is 0.288. The Kier molecular flexibility index (Phi) is 6.52. The zero-order chi connectivity index (χ0) is 19.4. The van der Waals surface area contributed by atoms with Gasteiger partial charge in [0, 0.05) is 12.5 Å². The van der Waals surface area contributed by atoms with Crippen LogP contribution in [-0.4, -0.2) is 50.8 Å². The molecule has 1 aromatic carbocycles. The lowest BCUT2D eigenvalue weighted by Crippen LogP contribution is -2.51. The van der Waals surface area contributed by atoms with Gasteiger partial charge in [-0.3, -0.25) is 4.79 Å². The fourth-order valence-electron chi connectivity index (χ4n) is 3.31. The Bertz CT molecular complexity index is 746. The summed E-state index contributed by atoms with van der Waals surface area (Å²) in [4.78, 5) is 11.9. The van der Waals surface area contributed by atoms with Gasteiger partial charge in [0.25, 0.3) is 0 Å². The molecule has 0 aromatic heterocycles. The Morgan fingerprint density at radius 1 is 1.19 bits per heavy atom. The van der Waals surface area contributed by atoms with Crippen LogP contribution in [0.25, 0.3) is 0 Å². The summed E-state index contributed by atoms with van der Waals surface area (Å²) in [7, 11) is -3.67. The van der Waals surface area contributed by atoms with Crippen LogP contribution in [0, 0.1) is 12.8 Å². The number of aryl methyl sites for hydroxylation is 1. The topological polar surface area (TPSA) is 105 Å². The third kappa shape index (κ3) is 5.51.